The quantitative estimate of drug-likeness (QED) is 0.152. The third-order valence-corrected chi connectivity index (χ3v) is 5.04. The minimum atomic E-state index is -1.61. The maximum absolute atomic E-state index is 12.0. The second-order valence-corrected chi connectivity index (χ2v) is 7.88. The van der Waals surface area contributed by atoms with Crippen LogP contribution in [0.2, 0.25) is 0 Å². The fourth-order valence-electron chi connectivity index (χ4n) is 3.24. The minimum absolute atomic E-state index is 0.157. The van der Waals surface area contributed by atoms with Gasteiger partial charge in [0, 0.05) is 13.3 Å². The van der Waals surface area contributed by atoms with Gasteiger partial charge in [-0.25, -0.2) is 4.79 Å². The van der Waals surface area contributed by atoms with Crippen LogP contribution in [0.5, 0.6) is 0 Å². The number of carboxylic acids is 1. The van der Waals surface area contributed by atoms with E-state index in [1.54, 1.807) is 0 Å². The first-order valence-electron chi connectivity index (χ1n) is 11.7. The molecule has 0 rings (SSSR count). The summed E-state index contributed by atoms with van der Waals surface area (Å²) in [5.41, 5.74) is 0. The Bertz CT molecular complexity index is 480. The summed E-state index contributed by atoms with van der Waals surface area (Å²) >= 11 is 0. The maximum Gasteiger partial charge on any atom is 0.336 e. The number of hydrogen-bond acceptors (Lipinski definition) is 7. The number of carbonyl (C=O) groups is 3. The number of esters is 2. The first-order chi connectivity index (χ1) is 14.9. The predicted octanol–water partition coefficient (Wildman–Crippen LogP) is 4.36. The second-order valence-electron chi connectivity index (χ2n) is 7.88. The largest absolute Gasteiger partial charge is 0.479 e. The van der Waals surface area contributed by atoms with Crippen LogP contribution in [0.25, 0.3) is 0 Å². The molecular weight excluding hydrogens is 404 g/mol. The third kappa shape index (κ3) is 17.7. The van der Waals surface area contributed by atoms with E-state index in [-0.39, 0.29) is 6.42 Å². The Morgan fingerprint density at radius 1 is 0.806 bits per heavy atom. The Morgan fingerprint density at radius 2 is 1.29 bits per heavy atom. The lowest BCUT2D eigenvalue weighted by atomic mass is 10.0. The van der Waals surface area contributed by atoms with Gasteiger partial charge in [-0.15, -0.1) is 0 Å². The highest BCUT2D eigenvalue weighted by molar-refractivity contribution is 5.75. The summed E-state index contributed by atoms with van der Waals surface area (Å²) in [4.78, 5) is 34.0. The zero-order valence-electron chi connectivity index (χ0n) is 19.3. The molecule has 0 heterocycles. The van der Waals surface area contributed by atoms with Gasteiger partial charge in [-0.2, -0.15) is 0 Å². The van der Waals surface area contributed by atoms with E-state index >= 15 is 0 Å². The molecule has 0 aromatic rings. The second kappa shape index (κ2) is 20.2. The van der Waals surface area contributed by atoms with E-state index in [1.165, 1.54) is 57.8 Å². The molecule has 0 aliphatic heterocycles. The van der Waals surface area contributed by atoms with Crippen LogP contribution in [0.4, 0.5) is 0 Å². The van der Waals surface area contributed by atoms with E-state index in [1.807, 2.05) is 0 Å². The molecule has 0 saturated carbocycles. The van der Waals surface area contributed by atoms with Crippen molar-refractivity contribution in [3.63, 3.8) is 0 Å². The maximum atomic E-state index is 12.0. The van der Waals surface area contributed by atoms with Gasteiger partial charge >= 0.3 is 17.9 Å². The Labute approximate surface area is 186 Å². The van der Waals surface area contributed by atoms with Crippen molar-refractivity contribution in [3.8, 4) is 0 Å². The lowest BCUT2D eigenvalue weighted by molar-refractivity contribution is -0.190. The van der Waals surface area contributed by atoms with Crippen molar-refractivity contribution in [1.29, 1.82) is 0 Å². The Hall–Kier alpha value is -1.67. The van der Waals surface area contributed by atoms with Crippen LogP contribution in [0, 0.1) is 0 Å². The lowest BCUT2D eigenvalue weighted by Gasteiger charge is -2.22. The van der Waals surface area contributed by atoms with E-state index in [4.69, 9.17) is 9.47 Å². The molecule has 0 spiro atoms. The van der Waals surface area contributed by atoms with E-state index < -0.39 is 43.5 Å². The molecular formula is C23H42O8. The highest BCUT2D eigenvalue weighted by Gasteiger charge is 2.32. The van der Waals surface area contributed by atoms with Gasteiger partial charge in [-0.1, -0.05) is 84.0 Å². The highest BCUT2D eigenvalue weighted by Crippen LogP contribution is 2.14. The van der Waals surface area contributed by atoms with Gasteiger partial charge < -0.3 is 24.4 Å². The summed E-state index contributed by atoms with van der Waals surface area (Å²) in [5.74, 6) is -2.63. The molecule has 0 aromatic carbocycles. The van der Waals surface area contributed by atoms with Crippen molar-refractivity contribution in [2.24, 2.45) is 0 Å². The molecule has 0 saturated heterocycles. The molecule has 8 heteroatoms. The Balaban J connectivity index is 3.83. The zero-order chi connectivity index (χ0) is 23.3. The number of unbranched alkanes of at least 4 members (excludes halogenated alkanes) is 12. The fourth-order valence-corrected chi connectivity index (χ4v) is 3.24. The normalized spacial score (nSPS) is 12.9. The number of aliphatic carboxylic acids is 1. The lowest BCUT2D eigenvalue weighted by Crippen LogP contribution is -2.42. The van der Waals surface area contributed by atoms with Crippen LogP contribution in [0.3, 0.4) is 0 Å². The van der Waals surface area contributed by atoms with E-state index in [0.717, 1.165) is 26.2 Å². The topological polar surface area (TPSA) is 119 Å². The molecule has 8 nitrogen and oxygen atoms in total. The molecule has 2 N–H and O–H groups in total. The van der Waals surface area contributed by atoms with Gasteiger partial charge in [0.05, 0.1) is 6.61 Å². The van der Waals surface area contributed by atoms with Crippen molar-refractivity contribution in [1.82, 2.24) is 0 Å². The predicted molar refractivity (Wildman–Crippen MR) is 116 cm³/mol. The summed E-state index contributed by atoms with van der Waals surface area (Å²) in [6.45, 7) is 2.08. The summed E-state index contributed by atoms with van der Waals surface area (Å²) in [5, 5.41) is 18.5. The molecule has 2 unspecified atom stereocenters. The van der Waals surface area contributed by atoms with Crippen LogP contribution < -0.4 is 0 Å². The Morgan fingerprint density at radius 3 is 1.71 bits per heavy atom. The Kier molecular flexibility index (Phi) is 19.2. The molecule has 0 radical (unpaired) electrons. The summed E-state index contributed by atoms with van der Waals surface area (Å²) in [6.07, 6.45) is 12.7. The molecule has 182 valence electrons. The number of aliphatic hydroxyl groups excluding tert-OH is 1. The van der Waals surface area contributed by atoms with Crippen LogP contribution in [-0.4, -0.2) is 53.7 Å². The number of carbonyl (C=O) groups excluding carboxylic acids is 2. The highest BCUT2D eigenvalue weighted by atomic mass is 16.7. The van der Waals surface area contributed by atoms with Crippen molar-refractivity contribution in [2.75, 3.05) is 13.4 Å². The van der Waals surface area contributed by atoms with Gasteiger partial charge in [0.25, 0.3) is 0 Å². The van der Waals surface area contributed by atoms with Crippen LogP contribution in [-0.2, 0) is 28.6 Å². The molecule has 31 heavy (non-hydrogen) atoms. The van der Waals surface area contributed by atoms with E-state index in [0.29, 0.717) is 6.42 Å². The van der Waals surface area contributed by atoms with Gasteiger partial charge in [-0.3, -0.25) is 9.59 Å². The number of ether oxygens (including phenoxy) is 3. The SMILES string of the molecule is CCCCCCCCCCCCCCCC(=O)OC(CO)C(OCOC(C)=O)C(=O)O. The molecule has 0 bridgehead atoms. The van der Waals surface area contributed by atoms with Crippen molar-refractivity contribution in [3.05, 3.63) is 0 Å². The standard InChI is InChI=1S/C23H42O8/c1-3-4-5-6-7-8-9-10-11-12-13-14-15-16-21(26)31-20(17-24)22(23(27)28)30-18-29-19(2)25/h20,22,24H,3-18H2,1-2H3,(H,27,28). The van der Waals surface area contributed by atoms with Crippen molar-refractivity contribution >= 4 is 17.9 Å². The number of hydrogen-bond donors (Lipinski definition) is 2. The summed E-state index contributed by atoms with van der Waals surface area (Å²) in [7, 11) is 0. The van der Waals surface area contributed by atoms with E-state index in [2.05, 4.69) is 11.7 Å². The monoisotopic (exact) mass is 446 g/mol. The molecule has 0 aromatic heterocycles. The van der Waals surface area contributed by atoms with Crippen molar-refractivity contribution < 1.29 is 38.8 Å². The molecule has 0 aliphatic rings. The minimum Gasteiger partial charge on any atom is -0.479 e. The molecule has 0 fully saturated rings. The van der Waals surface area contributed by atoms with Gasteiger partial charge in [0.2, 0.25) is 0 Å². The zero-order valence-corrected chi connectivity index (χ0v) is 19.3. The molecule has 2 atom stereocenters. The van der Waals surface area contributed by atoms with Crippen LogP contribution in [0.1, 0.15) is 104 Å². The molecule has 0 amide bonds. The number of rotatable bonds is 21. The summed E-state index contributed by atoms with van der Waals surface area (Å²) in [6, 6.07) is 0. The van der Waals surface area contributed by atoms with Crippen molar-refractivity contribution in [2.45, 2.75) is 116 Å². The first-order valence-corrected chi connectivity index (χ1v) is 11.7. The fraction of sp³-hybridized carbons (Fsp3) is 0.870. The van der Waals surface area contributed by atoms with E-state index in [9.17, 15) is 24.6 Å². The third-order valence-electron chi connectivity index (χ3n) is 5.04. The number of aliphatic hydroxyl groups is 1. The summed E-state index contributed by atoms with van der Waals surface area (Å²) < 4.78 is 14.5. The van der Waals surface area contributed by atoms with Crippen LogP contribution >= 0.6 is 0 Å². The van der Waals surface area contributed by atoms with Gasteiger partial charge in [0.1, 0.15) is 0 Å². The average Bonchev–Trinajstić information content (AvgIpc) is 2.72. The first kappa shape index (κ1) is 29.3. The average molecular weight is 447 g/mol. The smallest absolute Gasteiger partial charge is 0.336 e. The van der Waals surface area contributed by atoms with Gasteiger partial charge in [0.15, 0.2) is 19.0 Å². The molecule has 0 aliphatic carbocycles. The van der Waals surface area contributed by atoms with Crippen LogP contribution in [0.15, 0.2) is 0 Å². The van der Waals surface area contributed by atoms with Gasteiger partial charge in [-0.05, 0) is 6.42 Å². The number of carboxylic acid groups (broad SMARTS) is 1.